The minimum atomic E-state index is -0.425. The van der Waals surface area contributed by atoms with Gasteiger partial charge < -0.3 is 10.2 Å². The zero-order valence-electron chi connectivity index (χ0n) is 13.1. The van der Waals surface area contributed by atoms with E-state index >= 15 is 0 Å². The Hall–Kier alpha value is -2.21. The summed E-state index contributed by atoms with van der Waals surface area (Å²) in [4.78, 5) is 26.3. The van der Waals surface area contributed by atoms with Crippen LogP contribution in [0.25, 0.3) is 0 Å². The van der Waals surface area contributed by atoms with Crippen molar-refractivity contribution in [1.82, 2.24) is 0 Å². The molecule has 0 bridgehead atoms. The first-order chi connectivity index (χ1) is 11.4. The van der Waals surface area contributed by atoms with E-state index in [1.807, 2.05) is 24.3 Å². The molecule has 4 nitrogen and oxygen atoms in total. The summed E-state index contributed by atoms with van der Waals surface area (Å²) in [7, 11) is 0. The molecule has 1 N–H and O–H groups in total. The van der Waals surface area contributed by atoms with Gasteiger partial charge in [0, 0.05) is 28.8 Å². The van der Waals surface area contributed by atoms with E-state index < -0.39 is 5.92 Å². The van der Waals surface area contributed by atoms with Gasteiger partial charge in [-0.3, -0.25) is 9.59 Å². The van der Waals surface area contributed by atoms with Crippen molar-refractivity contribution in [3.8, 4) is 0 Å². The minimum absolute atomic E-state index is 0.0756. The predicted octanol–water partition coefficient (Wildman–Crippen LogP) is 3.89. The molecule has 6 heteroatoms. The van der Waals surface area contributed by atoms with E-state index in [0.717, 1.165) is 10.2 Å². The molecule has 0 saturated carbocycles. The molecular formula is C18H16BrFN2O2. The normalized spacial score (nSPS) is 17.2. The number of nitrogens with zero attached hydrogens (tertiary/aromatic N) is 1. The van der Waals surface area contributed by atoms with Gasteiger partial charge in [0.05, 0.1) is 5.92 Å². The van der Waals surface area contributed by atoms with Crippen LogP contribution < -0.4 is 10.2 Å². The second-order valence-corrected chi connectivity index (χ2v) is 6.75. The zero-order valence-corrected chi connectivity index (χ0v) is 14.6. The predicted molar refractivity (Wildman–Crippen MR) is 94.4 cm³/mol. The van der Waals surface area contributed by atoms with Crippen molar-refractivity contribution in [1.29, 1.82) is 0 Å². The first kappa shape index (κ1) is 16.6. The molecular weight excluding hydrogens is 375 g/mol. The monoisotopic (exact) mass is 390 g/mol. The Morgan fingerprint density at radius 1 is 1.25 bits per heavy atom. The van der Waals surface area contributed by atoms with Crippen LogP contribution in [0.4, 0.5) is 15.8 Å². The third kappa shape index (κ3) is 3.48. The number of anilines is 2. The maximum atomic E-state index is 13.1. The van der Waals surface area contributed by atoms with Gasteiger partial charge in [0.15, 0.2) is 0 Å². The highest BCUT2D eigenvalue weighted by Crippen LogP contribution is 2.27. The van der Waals surface area contributed by atoms with E-state index in [9.17, 15) is 14.0 Å². The highest BCUT2D eigenvalue weighted by atomic mass is 79.9. The average Bonchev–Trinajstić information content (AvgIpc) is 2.93. The second kappa shape index (κ2) is 6.73. The molecule has 0 spiro atoms. The number of hydrogen-bond donors (Lipinski definition) is 1. The molecule has 24 heavy (non-hydrogen) atoms. The smallest absolute Gasteiger partial charge is 0.229 e. The highest BCUT2D eigenvalue weighted by Gasteiger charge is 2.35. The molecule has 0 radical (unpaired) electrons. The van der Waals surface area contributed by atoms with Crippen molar-refractivity contribution in [2.24, 2.45) is 5.92 Å². The lowest BCUT2D eigenvalue weighted by atomic mass is 10.1. The van der Waals surface area contributed by atoms with Crippen LogP contribution in [-0.4, -0.2) is 18.4 Å². The second-order valence-electron chi connectivity index (χ2n) is 5.83. The molecule has 1 heterocycles. The Bertz CT molecular complexity index is 792. The molecule has 1 fully saturated rings. The molecule has 0 aliphatic carbocycles. The van der Waals surface area contributed by atoms with Crippen LogP contribution in [0.2, 0.25) is 0 Å². The van der Waals surface area contributed by atoms with Crippen molar-refractivity contribution in [2.75, 3.05) is 16.8 Å². The quantitative estimate of drug-likeness (QED) is 0.863. The van der Waals surface area contributed by atoms with Crippen LogP contribution >= 0.6 is 15.9 Å². The molecule has 2 amide bonds. The van der Waals surface area contributed by atoms with Crippen LogP contribution in [0.3, 0.4) is 0 Å². The van der Waals surface area contributed by atoms with E-state index in [1.165, 1.54) is 18.2 Å². The molecule has 2 aromatic carbocycles. The molecule has 3 rings (SSSR count). The molecule has 1 saturated heterocycles. The van der Waals surface area contributed by atoms with Gasteiger partial charge in [-0.25, -0.2) is 4.39 Å². The molecule has 1 atom stereocenters. The van der Waals surface area contributed by atoms with E-state index in [0.29, 0.717) is 17.8 Å². The fraction of sp³-hybridized carbons (Fsp3) is 0.222. The summed E-state index contributed by atoms with van der Waals surface area (Å²) < 4.78 is 14.1. The zero-order chi connectivity index (χ0) is 17.3. The van der Waals surface area contributed by atoms with Gasteiger partial charge in [-0.05, 0) is 55.0 Å². The maximum absolute atomic E-state index is 13.1. The van der Waals surface area contributed by atoms with E-state index in [4.69, 9.17) is 0 Å². The number of amides is 2. The van der Waals surface area contributed by atoms with Gasteiger partial charge in [-0.2, -0.15) is 0 Å². The van der Waals surface area contributed by atoms with Crippen molar-refractivity contribution in [3.63, 3.8) is 0 Å². The SMILES string of the molecule is Cc1cc(F)ccc1NC(=O)[C@H]1CC(=O)N(c2ccc(Br)cc2)C1. The molecule has 0 unspecified atom stereocenters. The summed E-state index contributed by atoms with van der Waals surface area (Å²) in [6.07, 6.45) is 0.169. The summed E-state index contributed by atoms with van der Waals surface area (Å²) >= 11 is 3.36. The Balaban J connectivity index is 1.70. The van der Waals surface area contributed by atoms with Crippen molar-refractivity contribution < 1.29 is 14.0 Å². The van der Waals surface area contributed by atoms with E-state index in [2.05, 4.69) is 21.2 Å². The van der Waals surface area contributed by atoms with Gasteiger partial charge in [0.25, 0.3) is 0 Å². The Morgan fingerprint density at radius 3 is 2.62 bits per heavy atom. The van der Waals surface area contributed by atoms with Crippen molar-refractivity contribution in [2.45, 2.75) is 13.3 Å². The first-order valence-corrected chi connectivity index (χ1v) is 8.36. The largest absolute Gasteiger partial charge is 0.326 e. The first-order valence-electron chi connectivity index (χ1n) is 7.57. The molecule has 1 aliphatic heterocycles. The van der Waals surface area contributed by atoms with Crippen LogP contribution in [0.1, 0.15) is 12.0 Å². The topological polar surface area (TPSA) is 49.4 Å². The van der Waals surface area contributed by atoms with Crippen LogP contribution in [0.15, 0.2) is 46.9 Å². The van der Waals surface area contributed by atoms with Gasteiger partial charge >= 0.3 is 0 Å². The summed E-state index contributed by atoms with van der Waals surface area (Å²) in [5.41, 5.74) is 1.99. The summed E-state index contributed by atoms with van der Waals surface area (Å²) in [5.74, 6) is -1.07. The van der Waals surface area contributed by atoms with E-state index in [-0.39, 0.29) is 24.1 Å². The van der Waals surface area contributed by atoms with E-state index in [1.54, 1.807) is 11.8 Å². The summed E-state index contributed by atoms with van der Waals surface area (Å²) in [6.45, 7) is 2.07. The lowest BCUT2D eigenvalue weighted by Crippen LogP contribution is -2.28. The summed E-state index contributed by atoms with van der Waals surface area (Å²) in [6, 6.07) is 11.6. The van der Waals surface area contributed by atoms with Gasteiger partial charge in [-0.1, -0.05) is 15.9 Å². The number of carbonyl (C=O) groups is 2. The number of carbonyl (C=O) groups excluding carboxylic acids is 2. The molecule has 0 aromatic heterocycles. The maximum Gasteiger partial charge on any atom is 0.229 e. The number of rotatable bonds is 3. The summed E-state index contributed by atoms with van der Waals surface area (Å²) in [5, 5.41) is 2.79. The standard InChI is InChI=1S/C18H16BrFN2O2/c1-11-8-14(20)4-7-16(11)21-18(24)12-9-17(23)22(10-12)15-5-2-13(19)3-6-15/h2-8,12H,9-10H2,1H3,(H,21,24)/t12-/m0/s1. The van der Waals surface area contributed by atoms with Crippen molar-refractivity contribution >= 4 is 39.1 Å². The van der Waals surface area contributed by atoms with Crippen LogP contribution in [0, 0.1) is 18.7 Å². The lowest BCUT2D eigenvalue weighted by Gasteiger charge is -2.17. The number of hydrogen-bond acceptors (Lipinski definition) is 2. The highest BCUT2D eigenvalue weighted by molar-refractivity contribution is 9.10. The van der Waals surface area contributed by atoms with Gasteiger partial charge in [0.2, 0.25) is 11.8 Å². The average molecular weight is 391 g/mol. The van der Waals surface area contributed by atoms with Gasteiger partial charge in [0.1, 0.15) is 5.82 Å². The Morgan fingerprint density at radius 2 is 1.96 bits per heavy atom. The fourth-order valence-electron chi connectivity index (χ4n) is 2.76. The lowest BCUT2D eigenvalue weighted by molar-refractivity contribution is -0.122. The molecule has 1 aliphatic rings. The third-order valence-electron chi connectivity index (χ3n) is 4.08. The number of benzene rings is 2. The number of nitrogens with one attached hydrogen (secondary N) is 1. The van der Waals surface area contributed by atoms with Crippen molar-refractivity contribution in [3.05, 3.63) is 58.3 Å². The number of aryl methyl sites for hydroxylation is 1. The van der Waals surface area contributed by atoms with Gasteiger partial charge in [-0.15, -0.1) is 0 Å². The Labute approximate surface area is 147 Å². The molecule has 2 aromatic rings. The number of halogens is 2. The fourth-order valence-corrected chi connectivity index (χ4v) is 3.02. The molecule has 124 valence electrons. The Kier molecular flexibility index (Phi) is 4.66. The van der Waals surface area contributed by atoms with Crippen LogP contribution in [0.5, 0.6) is 0 Å². The van der Waals surface area contributed by atoms with Crippen LogP contribution in [-0.2, 0) is 9.59 Å². The minimum Gasteiger partial charge on any atom is -0.326 e. The third-order valence-corrected chi connectivity index (χ3v) is 4.61.